The minimum atomic E-state index is -3.06. The Morgan fingerprint density at radius 2 is 1.96 bits per heavy atom. The quantitative estimate of drug-likeness (QED) is 0.657. The van der Waals surface area contributed by atoms with Gasteiger partial charge in [-0.05, 0) is 39.2 Å². The number of carbonyl (C=O) groups excluding carboxylic acids is 1. The minimum absolute atomic E-state index is 0.0649. The monoisotopic (exact) mass is 365 g/mol. The molecule has 1 aromatic heterocycles. The SMILES string of the molecule is Cc1cc(/C=N\NC(=O)[C@@H]2CCS(=O)(=O)C2)c(C)n1C1CCCCC1. The first-order chi connectivity index (χ1) is 11.9. The number of carbonyl (C=O) groups is 1. The first kappa shape index (κ1) is 18.2. The van der Waals surface area contributed by atoms with Crippen LogP contribution < -0.4 is 5.43 Å². The topological polar surface area (TPSA) is 80.5 Å². The van der Waals surface area contributed by atoms with E-state index in [2.05, 4.69) is 35.0 Å². The van der Waals surface area contributed by atoms with Gasteiger partial charge in [0.05, 0.1) is 23.6 Å². The van der Waals surface area contributed by atoms with Crippen molar-refractivity contribution in [2.45, 2.75) is 58.4 Å². The van der Waals surface area contributed by atoms with Crippen molar-refractivity contribution in [2.24, 2.45) is 11.0 Å². The average molecular weight is 365 g/mol. The minimum Gasteiger partial charge on any atom is -0.345 e. The number of nitrogens with one attached hydrogen (secondary N) is 1. The Labute approximate surface area is 149 Å². The number of hydrogen-bond acceptors (Lipinski definition) is 4. The lowest BCUT2D eigenvalue weighted by Crippen LogP contribution is -2.27. The summed E-state index contributed by atoms with van der Waals surface area (Å²) in [7, 11) is -3.06. The van der Waals surface area contributed by atoms with Gasteiger partial charge < -0.3 is 4.57 Å². The molecule has 1 saturated carbocycles. The number of aromatic nitrogens is 1. The average Bonchev–Trinajstić information content (AvgIpc) is 3.07. The van der Waals surface area contributed by atoms with Crippen LogP contribution >= 0.6 is 0 Å². The predicted octanol–water partition coefficient (Wildman–Crippen LogP) is 2.49. The molecule has 7 heteroatoms. The van der Waals surface area contributed by atoms with Crippen molar-refractivity contribution in [1.29, 1.82) is 0 Å². The van der Waals surface area contributed by atoms with Crippen molar-refractivity contribution >= 4 is 22.0 Å². The van der Waals surface area contributed by atoms with E-state index in [0.717, 1.165) is 5.56 Å². The molecular formula is C18H27N3O3S. The molecule has 2 fully saturated rings. The normalized spacial score (nSPS) is 24.0. The van der Waals surface area contributed by atoms with Crippen molar-refractivity contribution < 1.29 is 13.2 Å². The van der Waals surface area contributed by atoms with Gasteiger partial charge in [0, 0.05) is 23.0 Å². The van der Waals surface area contributed by atoms with Gasteiger partial charge in [-0.3, -0.25) is 4.79 Å². The highest BCUT2D eigenvalue weighted by molar-refractivity contribution is 7.91. The van der Waals surface area contributed by atoms with Crippen molar-refractivity contribution in [1.82, 2.24) is 9.99 Å². The third-order valence-corrected chi connectivity index (χ3v) is 7.21. The van der Waals surface area contributed by atoms with E-state index >= 15 is 0 Å². The van der Waals surface area contributed by atoms with Gasteiger partial charge in [0.15, 0.2) is 9.84 Å². The van der Waals surface area contributed by atoms with E-state index in [0.29, 0.717) is 12.5 Å². The van der Waals surface area contributed by atoms with Crippen LogP contribution in [0.1, 0.15) is 61.5 Å². The number of nitrogens with zero attached hydrogens (tertiary/aromatic N) is 2. The van der Waals surface area contributed by atoms with Gasteiger partial charge in [-0.25, -0.2) is 13.8 Å². The maximum absolute atomic E-state index is 12.0. The first-order valence-corrected chi connectivity index (χ1v) is 10.9. The Bertz CT molecular complexity index is 774. The molecule has 1 aromatic rings. The number of hydrogen-bond donors (Lipinski definition) is 1. The van der Waals surface area contributed by atoms with Crippen LogP contribution in [0.3, 0.4) is 0 Å². The summed E-state index contributed by atoms with van der Waals surface area (Å²) in [5.41, 5.74) is 5.90. The zero-order valence-corrected chi connectivity index (χ0v) is 15.8. The zero-order chi connectivity index (χ0) is 18.0. The van der Waals surface area contributed by atoms with Crippen molar-refractivity contribution in [3.05, 3.63) is 23.0 Å². The van der Waals surface area contributed by atoms with E-state index < -0.39 is 15.8 Å². The molecule has 1 N–H and O–H groups in total. The van der Waals surface area contributed by atoms with Crippen LogP contribution in [0, 0.1) is 19.8 Å². The lowest BCUT2D eigenvalue weighted by Gasteiger charge is -2.26. The maximum Gasteiger partial charge on any atom is 0.244 e. The Morgan fingerprint density at radius 1 is 1.24 bits per heavy atom. The molecule has 1 atom stereocenters. The molecule has 0 aromatic carbocycles. The van der Waals surface area contributed by atoms with E-state index in [1.165, 1.54) is 43.5 Å². The van der Waals surface area contributed by atoms with E-state index in [9.17, 15) is 13.2 Å². The number of amides is 1. The largest absolute Gasteiger partial charge is 0.345 e. The van der Waals surface area contributed by atoms with Crippen molar-refractivity contribution in [3.8, 4) is 0 Å². The molecule has 1 aliphatic heterocycles. The second-order valence-electron chi connectivity index (χ2n) is 7.32. The molecule has 0 radical (unpaired) electrons. The molecule has 0 bridgehead atoms. The highest BCUT2D eigenvalue weighted by Gasteiger charge is 2.32. The van der Waals surface area contributed by atoms with E-state index in [-0.39, 0.29) is 17.4 Å². The van der Waals surface area contributed by atoms with Gasteiger partial charge in [-0.15, -0.1) is 0 Å². The predicted molar refractivity (Wildman–Crippen MR) is 98.5 cm³/mol. The third-order valence-electron chi connectivity index (χ3n) is 5.44. The second kappa shape index (κ2) is 7.32. The van der Waals surface area contributed by atoms with Crippen LogP contribution in [0.2, 0.25) is 0 Å². The van der Waals surface area contributed by atoms with Gasteiger partial charge >= 0.3 is 0 Å². The lowest BCUT2D eigenvalue weighted by molar-refractivity contribution is -0.124. The fraction of sp³-hybridized carbons (Fsp3) is 0.667. The van der Waals surface area contributed by atoms with Gasteiger partial charge in [-0.2, -0.15) is 5.10 Å². The lowest BCUT2D eigenvalue weighted by atomic mass is 9.95. The molecule has 138 valence electrons. The van der Waals surface area contributed by atoms with Crippen LogP contribution in [0.4, 0.5) is 0 Å². The van der Waals surface area contributed by atoms with Gasteiger partial charge in [0.25, 0.3) is 0 Å². The fourth-order valence-corrected chi connectivity index (χ4v) is 5.83. The molecule has 3 rings (SSSR count). The Balaban J connectivity index is 1.65. The summed E-state index contributed by atoms with van der Waals surface area (Å²) in [6.45, 7) is 4.20. The van der Waals surface area contributed by atoms with Crippen molar-refractivity contribution in [2.75, 3.05) is 11.5 Å². The molecular weight excluding hydrogens is 338 g/mol. The highest BCUT2D eigenvalue weighted by Crippen LogP contribution is 2.31. The van der Waals surface area contributed by atoms with Gasteiger partial charge in [0.1, 0.15) is 0 Å². The van der Waals surface area contributed by atoms with Crippen LogP contribution in [0.5, 0.6) is 0 Å². The van der Waals surface area contributed by atoms with Crippen LogP contribution in [0.15, 0.2) is 11.2 Å². The summed E-state index contributed by atoms with van der Waals surface area (Å²) in [4.78, 5) is 12.0. The Kier molecular flexibility index (Phi) is 5.32. The molecule has 25 heavy (non-hydrogen) atoms. The first-order valence-electron chi connectivity index (χ1n) is 9.09. The third kappa shape index (κ3) is 4.14. The summed E-state index contributed by atoms with van der Waals surface area (Å²) < 4.78 is 25.3. The van der Waals surface area contributed by atoms with Crippen LogP contribution in [0.25, 0.3) is 0 Å². The van der Waals surface area contributed by atoms with E-state index in [1.54, 1.807) is 6.21 Å². The maximum atomic E-state index is 12.0. The fourth-order valence-electron chi connectivity index (χ4n) is 4.09. The molecule has 0 spiro atoms. The number of aryl methyl sites for hydroxylation is 1. The molecule has 6 nitrogen and oxygen atoms in total. The van der Waals surface area contributed by atoms with Gasteiger partial charge in [-0.1, -0.05) is 19.3 Å². The van der Waals surface area contributed by atoms with Gasteiger partial charge in [0.2, 0.25) is 5.91 Å². The molecule has 1 aliphatic carbocycles. The standard InChI is InChI=1S/C18H27N3O3S/c1-13-10-16(14(2)21(13)17-6-4-3-5-7-17)11-19-20-18(22)15-8-9-25(23,24)12-15/h10-11,15,17H,3-9,12H2,1-2H3,(H,20,22)/b19-11-/t15-/m1/s1. The van der Waals surface area contributed by atoms with E-state index in [1.807, 2.05) is 0 Å². The second-order valence-corrected chi connectivity index (χ2v) is 9.55. The summed E-state index contributed by atoms with van der Waals surface area (Å²) in [5.74, 6) is -0.753. The molecule has 0 unspecified atom stereocenters. The summed E-state index contributed by atoms with van der Waals surface area (Å²) >= 11 is 0. The molecule has 2 aliphatic rings. The number of sulfone groups is 1. The van der Waals surface area contributed by atoms with Crippen LogP contribution in [-0.2, 0) is 14.6 Å². The highest BCUT2D eigenvalue weighted by atomic mass is 32.2. The number of hydrazone groups is 1. The smallest absolute Gasteiger partial charge is 0.244 e. The summed E-state index contributed by atoms with van der Waals surface area (Å²) in [6, 6.07) is 2.66. The molecule has 1 amide bonds. The summed E-state index contributed by atoms with van der Waals surface area (Å²) in [6.07, 6.45) is 8.40. The number of rotatable bonds is 4. The molecule has 2 heterocycles. The molecule has 1 saturated heterocycles. The van der Waals surface area contributed by atoms with Crippen molar-refractivity contribution in [3.63, 3.8) is 0 Å². The summed E-state index contributed by atoms with van der Waals surface area (Å²) in [5, 5.41) is 4.06. The van der Waals surface area contributed by atoms with Crippen LogP contribution in [-0.4, -0.2) is 36.6 Å². The Morgan fingerprint density at radius 3 is 2.60 bits per heavy atom. The zero-order valence-electron chi connectivity index (χ0n) is 15.0. The van der Waals surface area contributed by atoms with E-state index in [4.69, 9.17) is 0 Å². The Hall–Kier alpha value is -1.63.